The third-order valence-corrected chi connectivity index (χ3v) is 3.39. The third-order valence-electron chi connectivity index (χ3n) is 3.39. The van der Waals surface area contributed by atoms with Crippen LogP contribution in [0, 0.1) is 0 Å². The molecule has 24 heavy (non-hydrogen) atoms. The van der Waals surface area contributed by atoms with Crippen LogP contribution in [0.5, 0.6) is 0 Å². The number of benzene rings is 2. The lowest BCUT2D eigenvalue weighted by molar-refractivity contribution is -0.137. The van der Waals surface area contributed by atoms with Crippen LogP contribution in [0.1, 0.15) is 12.5 Å². The van der Waals surface area contributed by atoms with Crippen molar-refractivity contribution in [1.82, 2.24) is 9.97 Å². The first-order chi connectivity index (χ1) is 11.5. The summed E-state index contributed by atoms with van der Waals surface area (Å²) in [5, 5.41) is 6.84. The molecule has 0 aliphatic heterocycles. The molecule has 7 heteroatoms. The van der Waals surface area contributed by atoms with Gasteiger partial charge in [-0.3, -0.25) is 0 Å². The second-order valence-corrected chi connectivity index (χ2v) is 5.15. The molecule has 0 aliphatic carbocycles. The fourth-order valence-electron chi connectivity index (χ4n) is 2.34. The molecule has 0 bridgehead atoms. The Labute approximate surface area is 136 Å². The largest absolute Gasteiger partial charge is 0.416 e. The highest BCUT2D eigenvalue weighted by Gasteiger charge is 2.30. The molecule has 0 fully saturated rings. The Bertz CT molecular complexity index is 862. The Morgan fingerprint density at radius 1 is 1.00 bits per heavy atom. The van der Waals surface area contributed by atoms with Gasteiger partial charge in [-0.25, -0.2) is 4.98 Å². The van der Waals surface area contributed by atoms with Crippen LogP contribution < -0.4 is 10.6 Å². The second-order valence-electron chi connectivity index (χ2n) is 5.15. The molecule has 3 rings (SSSR count). The zero-order valence-corrected chi connectivity index (χ0v) is 12.9. The van der Waals surface area contributed by atoms with E-state index in [1.165, 1.54) is 6.07 Å². The summed E-state index contributed by atoms with van der Waals surface area (Å²) < 4.78 is 38.4. The smallest absolute Gasteiger partial charge is 0.370 e. The van der Waals surface area contributed by atoms with Gasteiger partial charge >= 0.3 is 6.18 Å². The molecule has 0 spiro atoms. The van der Waals surface area contributed by atoms with Gasteiger partial charge in [0.15, 0.2) is 0 Å². The van der Waals surface area contributed by atoms with E-state index in [4.69, 9.17) is 0 Å². The van der Waals surface area contributed by atoms with E-state index in [0.29, 0.717) is 17.9 Å². The van der Waals surface area contributed by atoms with Crippen LogP contribution in [0.2, 0.25) is 0 Å². The summed E-state index contributed by atoms with van der Waals surface area (Å²) in [7, 11) is 0. The molecular weight excluding hydrogens is 317 g/mol. The Balaban J connectivity index is 1.98. The first kappa shape index (κ1) is 16.0. The zero-order chi connectivity index (χ0) is 17.2. The van der Waals surface area contributed by atoms with Crippen LogP contribution in [0.4, 0.5) is 30.6 Å². The summed E-state index contributed by atoms with van der Waals surface area (Å²) in [6.45, 7) is 2.61. The van der Waals surface area contributed by atoms with Gasteiger partial charge in [-0.15, -0.1) is 0 Å². The Morgan fingerprint density at radius 2 is 1.79 bits per heavy atom. The number of alkyl halides is 3. The highest BCUT2D eigenvalue weighted by molar-refractivity contribution is 5.90. The second kappa shape index (κ2) is 6.35. The van der Waals surface area contributed by atoms with Crippen molar-refractivity contribution in [1.29, 1.82) is 0 Å². The topological polar surface area (TPSA) is 49.8 Å². The molecule has 0 atom stereocenters. The van der Waals surface area contributed by atoms with Gasteiger partial charge < -0.3 is 10.6 Å². The average Bonchev–Trinajstić information content (AvgIpc) is 2.55. The van der Waals surface area contributed by atoms with E-state index in [0.717, 1.165) is 17.5 Å². The van der Waals surface area contributed by atoms with Gasteiger partial charge in [0.05, 0.1) is 11.1 Å². The van der Waals surface area contributed by atoms with Crippen molar-refractivity contribution in [3.63, 3.8) is 0 Å². The van der Waals surface area contributed by atoms with E-state index >= 15 is 0 Å². The maximum absolute atomic E-state index is 12.8. The first-order valence-corrected chi connectivity index (χ1v) is 7.42. The van der Waals surface area contributed by atoms with Crippen LogP contribution in [-0.2, 0) is 6.18 Å². The molecule has 2 aromatic carbocycles. The van der Waals surface area contributed by atoms with Crippen molar-refractivity contribution in [3.05, 3.63) is 54.1 Å². The summed E-state index contributed by atoms with van der Waals surface area (Å²) in [5.41, 5.74) is 0.265. The predicted octanol–water partition coefficient (Wildman–Crippen LogP) is 4.82. The molecule has 4 nitrogen and oxygen atoms in total. The molecule has 0 amide bonds. The number of hydrogen-bond donors (Lipinski definition) is 2. The third kappa shape index (κ3) is 3.40. The lowest BCUT2D eigenvalue weighted by Gasteiger charge is -2.12. The molecule has 0 radical (unpaired) electrons. The van der Waals surface area contributed by atoms with Gasteiger partial charge in [0, 0.05) is 17.6 Å². The number of nitrogens with one attached hydrogen (secondary N) is 2. The quantitative estimate of drug-likeness (QED) is 0.719. The van der Waals surface area contributed by atoms with Crippen molar-refractivity contribution in [2.45, 2.75) is 13.1 Å². The van der Waals surface area contributed by atoms with E-state index in [9.17, 15) is 13.2 Å². The number of rotatable bonds is 4. The standard InChI is InChI=1S/C17H15F3N4/c1-2-21-15-13-8-3-4-9-14(13)23-16(24-15)22-12-7-5-6-11(10-12)17(18,19)20/h3-10H,2H2,1H3,(H2,21,22,23,24). The summed E-state index contributed by atoms with van der Waals surface area (Å²) >= 11 is 0. The van der Waals surface area contributed by atoms with Crippen LogP contribution in [0.15, 0.2) is 48.5 Å². The SMILES string of the molecule is CCNc1nc(Nc2cccc(C(F)(F)F)c2)nc2ccccc12. The zero-order valence-electron chi connectivity index (χ0n) is 12.9. The number of aromatic nitrogens is 2. The van der Waals surface area contributed by atoms with E-state index in [1.807, 2.05) is 31.2 Å². The Morgan fingerprint density at radius 3 is 2.54 bits per heavy atom. The minimum atomic E-state index is -4.39. The van der Waals surface area contributed by atoms with E-state index in [2.05, 4.69) is 20.6 Å². The monoisotopic (exact) mass is 332 g/mol. The van der Waals surface area contributed by atoms with Crippen LogP contribution in [0.3, 0.4) is 0 Å². The Hall–Kier alpha value is -2.83. The Kier molecular flexibility index (Phi) is 4.24. The molecule has 0 saturated heterocycles. The van der Waals surface area contributed by atoms with Gasteiger partial charge in [-0.2, -0.15) is 18.2 Å². The summed E-state index contributed by atoms with van der Waals surface area (Å²) in [6.07, 6.45) is -4.39. The normalized spacial score (nSPS) is 11.5. The number of para-hydroxylation sites is 1. The number of halogens is 3. The fraction of sp³-hybridized carbons (Fsp3) is 0.176. The fourth-order valence-corrected chi connectivity index (χ4v) is 2.34. The van der Waals surface area contributed by atoms with E-state index in [1.54, 1.807) is 6.07 Å². The molecule has 2 N–H and O–H groups in total. The summed E-state index contributed by atoms with van der Waals surface area (Å²) in [4.78, 5) is 8.72. The average molecular weight is 332 g/mol. The lowest BCUT2D eigenvalue weighted by atomic mass is 10.2. The predicted molar refractivity (Wildman–Crippen MR) is 88.4 cm³/mol. The van der Waals surface area contributed by atoms with Gasteiger partial charge in [-0.05, 0) is 37.3 Å². The minimum Gasteiger partial charge on any atom is -0.370 e. The maximum Gasteiger partial charge on any atom is 0.416 e. The highest BCUT2D eigenvalue weighted by Crippen LogP contribution is 2.31. The van der Waals surface area contributed by atoms with E-state index < -0.39 is 11.7 Å². The van der Waals surface area contributed by atoms with Crippen molar-refractivity contribution in [2.24, 2.45) is 0 Å². The highest BCUT2D eigenvalue weighted by atomic mass is 19.4. The summed E-state index contributed by atoms with van der Waals surface area (Å²) in [5.74, 6) is 0.876. The van der Waals surface area contributed by atoms with E-state index in [-0.39, 0.29) is 11.6 Å². The van der Waals surface area contributed by atoms with Crippen molar-refractivity contribution >= 4 is 28.4 Å². The minimum absolute atomic E-state index is 0.240. The number of nitrogens with zero attached hydrogens (tertiary/aromatic N) is 2. The first-order valence-electron chi connectivity index (χ1n) is 7.42. The molecule has 1 aromatic heterocycles. The molecule has 3 aromatic rings. The molecule has 1 heterocycles. The molecule has 0 aliphatic rings. The summed E-state index contributed by atoms with van der Waals surface area (Å²) in [6, 6.07) is 12.4. The van der Waals surface area contributed by atoms with Gasteiger partial charge in [0.1, 0.15) is 5.82 Å². The van der Waals surface area contributed by atoms with Crippen LogP contribution >= 0.6 is 0 Å². The molecule has 0 saturated carbocycles. The van der Waals surface area contributed by atoms with Crippen LogP contribution in [0.25, 0.3) is 10.9 Å². The molecule has 0 unspecified atom stereocenters. The van der Waals surface area contributed by atoms with Crippen molar-refractivity contribution in [3.8, 4) is 0 Å². The molecular formula is C17H15F3N4. The number of anilines is 3. The van der Waals surface area contributed by atoms with Gasteiger partial charge in [0.25, 0.3) is 0 Å². The number of hydrogen-bond acceptors (Lipinski definition) is 4. The van der Waals surface area contributed by atoms with Crippen molar-refractivity contribution < 1.29 is 13.2 Å². The van der Waals surface area contributed by atoms with Gasteiger partial charge in [0.2, 0.25) is 5.95 Å². The van der Waals surface area contributed by atoms with Crippen LogP contribution in [-0.4, -0.2) is 16.5 Å². The van der Waals surface area contributed by atoms with Crippen molar-refractivity contribution in [2.75, 3.05) is 17.2 Å². The molecule has 124 valence electrons. The number of fused-ring (bicyclic) bond motifs is 1. The van der Waals surface area contributed by atoms with Gasteiger partial charge in [-0.1, -0.05) is 18.2 Å². The maximum atomic E-state index is 12.8. The lowest BCUT2D eigenvalue weighted by Crippen LogP contribution is -2.07.